The zero-order valence-corrected chi connectivity index (χ0v) is 11.7. The van der Waals surface area contributed by atoms with Gasteiger partial charge in [0.2, 0.25) is 0 Å². The molecule has 17 heavy (non-hydrogen) atoms. The predicted octanol–water partition coefficient (Wildman–Crippen LogP) is 3.93. The fourth-order valence-corrected chi connectivity index (χ4v) is 3.10. The van der Waals surface area contributed by atoms with E-state index in [4.69, 9.17) is 11.6 Å². The standard InChI is InChI=1S/C11H7BrClN3S/c12-8-5-17-11(15-8)10-14-4-6-2-1-3-7(13)9(6)16-10/h1-3,5H,4H2,(H,14,16). The number of benzene rings is 1. The van der Waals surface area contributed by atoms with Gasteiger partial charge in [-0.25, -0.2) is 4.98 Å². The molecule has 0 saturated carbocycles. The van der Waals surface area contributed by atoms with E-state index in [0.29, 0.717) is 11.6 Å². The van der Waals surface area contributed by atoms with E-state index in [1.54, 1.807) is 11.3 Å². The Morgan fingerprint density at radius 1 is 1.41 bits per heavy atom. The number of nitrogens with zero attached hydrogens (tertiary/aromatic N) is 2. The van der Waals surface area contributed by atoms with Crippen molar-refractivity contribution in [2.24, 2.45) is 4.99 Å². The van der Waals surface area contributed by atoms with E-state index >= 15 is 0 Å². The molecule has 2 heterocycles. The molecule has 86 valence electrons. The van der Waals surface area contributed by atoms with Crippen molar-refractivity contribution in [1.29, 1.82) is 0 Å². The number of aliphatic imine (C=N–C) groups is 1. The average Bonchev–Trinajstić information content (AvgIpc) is 2.76. The maximum Gasteiger partial charge on any atom is 0.162 e. The Hall–Kier alpha value is -0.910. The van der Waals surface area contributed by atoms with Gasteiger partial charge in [-0.15, -0.1) is 11.3 Å². The molecule has 0 radical (unpaired) electrons. The second-order valence-corrected chi connectivity index (χ2v) is 5.62. The number of hydrogen-bond donors (Lipinski definition) is 1. The highest BCUT2D eigenvalue weighted by molar-refractivity contribution is 9.10. The van der Waals surface area contributed by atoms with Crippen molar-refractivity contribution >= 4 is 50.4 Å². The largest absolute Gasteiger partial charge is 0.337 e. The maximum atomic E-state index is 6.16. The lowest BCUT2D eigenvalue weighted by Gasteiger charge is -2.18. The van der Waals surface area contributed by atoms with E-state index in [1.807, 2.05) is 23.6 Å². The van der Waals surface area contributed by atoms with Crippen LogP contribution in [0.3, 0.4) is 0 Å². The molecule has 0 spiro atoms. The van der Waals surface area contributed by atoms with Crippen LogP contribution in [0.4, 0.5) is 5.69 Å². The van der Waals surface area contributed by atoms with E-state index in [-0.39, 0.29) is 0 Å². The SMILES string of the molecule is Clc1cccc2c1NC(c1nc(Br)cs1)=NC2. The number of thiazole rings is 1. The molecule has 0 aliphatic carbocycles. The van der Waals surface area contributed by atoms with Crippen LogP contribution < -0.4 is 5.32 Å². The number of aromatic nitrogens is 1. The van der Waals surface area contributed by atoms with Crippen molar-refractivity contribution in [1.82, 2.24) is 4.98 Å². The molecule has 1 aromatic heterocycles. The van der Waals surface area contributed by atoms with Gasteiger partial charge in [-0.05, 0) is 27.6 Å². The molecule has 0 amide bonds. The monoisotopic (exact) mass is 327 g/mol. The van der Waals surface area contributed by atoms with Crippen molar-refractivity contribution in [3.63, 3.8) is 0 Å². The van der Waals surface area contributed by atoms with Crippen molar-refractivity contribution in [2.45, 2.75) is 6.54 Å². The van der Waals surface area contributed by atoms with Crippen LogP contribution in [0, 0.1) is 0 Å². The Morgan fingerprint density at radius 2 is 2.29 bits per heavy atom. The van der Waals surface area contributed by atoms with E-state index in [0.717, 1.165) is 26.7 Å². The molecule has 1 aromatic carbocycles. The van der Waals surface area contributed by atoms with Gasteiger partial charge in [0.15, 0.2) is 10.8 Å². The highest BCUT2D eigenvalue weighted by atomic mass is 79.9. The zero-order chi connectivity index (χ0) is 11.8. The first kappa shape index (κ1) is 11.2. The number of nitrogens with one attached hydrogen (secondary N) is 1. The second kappa shape index (κ2) is 4.40. The van der Waals surface area contributed by atoms with Crippen LogP contribution in [-0.4, -0.2) is 10.8 Å². The molecular formula is C11H7BrClN3S. The molecule has 2 aromatic rings. The first-order valence-corrected chi connectivity index (χ1v) is 6.99. The fraction of sp³-hybridized carbons (Fsp3) is 0.0909. The quantitative estimate of drug-likeness (QED) is 0.861. The summed E-state index contributed by atoms with van der Waals surface area (Å²) in [5.74, 6) is 0.779. The lowest BCUT2D eigenvalue weighted by atomic mass is 10.1. The molecule has 1 aliphatic heterocycles. The Kier molecular flexibility index (Phi) is 2.90. The second-order valence-electron chi connectivity index (χ2n) is 3.54. The van der Waals surface area contributed by atoms with Gasteiger partial charge in [0, 0.05) is 5.38 Å². The van der Waals surface area contributed by atoms with Crippen molar-refractivity contribution in [3.05, 3.63) is 43.8 Å². The van der Waals surface area contributed by atoms with Crippen LogP contribution in [-0.2, 0) is 6.54 Å². The van der Waals surface area contributed by atoms with Gasteiger partial charge in [0.25, 0.3) is 0 Å². The van der Waals surface area contributed by atoms with Gasteiger partial charge >= 0.3 is 0 Å². The molecule has 3 rings (SSSR count). The first-order valence-electron chi connectivity index (χ1n) is 4.94. The number of anilines is 1. The predicted molar refractivity (Wildman–Crippen MR) is 75.1 cm³/mol. The van der Waals surface area contributed by atoms with Crippen LogP contribution in [0.2, 0.25) is 5.02 Å². The maximum absolute atomic E-state index is 6.16. The first-order chi connectivity index (χ1) is 8.24. The van der Waals surface area contributed by atoms with Crippen molar-refractivity contribution < 1.29 is 0 Å². The molecular weight excluding hydrogens is 322 g/mol. The Morgan fingerprint density at radius 3 is 3.06 bits per heavy atom. The van der Waals surface area contributed by atoms with Gasteiger partial charge in [-0.1, -0.05) is 23.7 Å². The van der Waals surface area contributed by atoms with Crippen molar-refractivity contribution in [2.75, 3.05) is 5.32 Å². The third-order valence-electron chi connectivity index (χ3n) is 2.43. The molecule has 1 aliphatic rings. The number of rotatable bonds is 1. The van der Waals surface area contributed by atoms with Gasteiger partial charge in [0.1, 0.15) is 4.60 Å². The zero-order valence-electron chi connectivity index (χ0n) is 8.58. The summed E-state index contributed by atoms with van der Waals surface area (Å²) < 4.78 is 0.826. The molecule has 0 fully saturated rings. The Balaban J connectivity index is 1.98. The van der Waals surface area contributed by atoms with E-state index in [1.165, 1.54) is 0 Å². The molecule has 6 heteroatoms. The smallest absolute Gasteiger partial charge is 0.162 e. The van der Waals surface area contributed by atoms with Gasteiger partial charge < -0.3 is 5.32 Å². The molecule has 0 atom stereocenters. The van der Waals surface area contributed by atoms with Gasteiger partial charge in [0.05, 0.1) is 17.3 Å². The minimum absolute atomic E-state index is 0.634. The van der Waals surface area contributed by atoms with E-state index in [9.17, 15) is 0 Å². The van der Waals surface area contributed by atoms with Crippen LogP contribution in [0.15, 0.2) is 33.2 Å². The third kappa shape index (κ3) is 2.10. The minimum atomic E-state index is 0.634. The average molecular weight is 329 g/mol. The highest BCUT2D eigenvalue weighted by Gasteiger charge is 2.17. The number of hydrogen-bond acceptors (Lipinski definition) is 4. The Bertz CT molecular complexity index is 609. The van der Waals surface area contributed by atoms with Crippen LogP contribution in [0.5, 0.6) is 0 Å². The molecule has 0 unspecified atom stereocenters. The summed E-state index contributed by atoms with van der Waals surface area (Å²) in [6, 6.07) is 5.82. The molecule has 3 nitrogen and oxygen atoms in total. The topological polar surface area (TPSA) is 37.3 Å². The number of para-hydroxylation sites is 1. The van der Waals surface area contributed by atoms with Crippen molar-refractivity contribution in [3.8, 4) is 0 Å². The van der Waals surface area contributed by atoms with Gasteiger partial charge in [-0.3, -0.25) is 4.99 Å². The Labute approximate surface area is 116 Å². The van der Waals surface area contributed by atoms with Crippen LogP contribution in [0.1, 0.15) is 10.6 Å². The van der Waals surface area contributed by atoms with E-state index in [2.05, 4.69) is 31.2 Å². The molecule has 1 N–H and O–H groups in total. The summed E-state index contributed by atoms with van der Waals surface area (Å²) in [5.41, 5.74) is 2.04. The van der Waals surface area contributed by atoms with Gasteiger partial charge in [-0.2, -0.15) is 0 Å². The summed E-state index contributed by atoms with van der Waals surface area (Å²) >= 11 is 11.0. The van der Waals surface area contributed by atoms with Crippen LogP contribution >= 0.6 is 38.9 Å². The minimum Gasteiger partial charge on any atom is -0.337 e. The summed E-state index contributed by atoms with van der Waals surface area (Å²) in [7, 11) is 0. The lowest BCUT2D eigenvalue weighted by Crippen LogP contribution is -2.19. The molecule has 0 bridgehead atoms. The number of fused-ring (bicyclic) bond motifs is 1. The molecule has 0 saturated heterocycles. The normalized spacial score (nSPS) is 13.9. The third-order valence-corrected chi connectivity index (χ3v) is 4.30. The number of amidine groups is 1. The number of halogens is 2. The summed E-state index contributed by atoms with van der Waals surface area (Å²) in [4.78, 5) is 8.81. The summed E-state index contributed by atoms with van der Waals surface area (Å²) in [6.07, 6.45) is 0. The summed E-state index contributed by atoms with van der Waals surface area (Å²) in [6.45, 7) is 0.634. The summed E-state index contributed by atoms with van der Waals surface area (Å²) in [5, 5.41) is 6.75. The van der Waals surface area contributed by atoms with Crippen LogP contribution in [0.25, 0.3) is 0 Å². The lowest BCUT2D eigenvalue weighted by molar-refractivity contribution is 1.04. The fourth-order valence-electron chi connectivity index (χ4n) is 1.65. The highest BCUT2D eigenvalue weighted by Crippen LogP contribution is 2.30. The van der Waals surface area contributed by atoms with E-state index < -0.39 is 0 Å².